The smallest absolute Gasteiger partial charge is 0.326 e. The second-order valence-corrected chi connectivity index (χ2v) is 3.56. The molecule has 0 saturated heterocycles. The van der Waals surface area contributed by atoms with Crippen LogP contribution in [-0.4, -0.2) is 0 Å². The quantitative estimate of drug-likeness (QED) is 0.859. The topological polar surface area (TPSA) is 49.8 Å². The summed E-state index contributed by atoms with van der Waals surface area (Å²) in [6.45, 7) is -0.273. The lowest BCUT2D eigenvalue weighted by atomic mass is 10.0. The Hall–Kier alpha value is -1.06. The van der Waals surface area contributed by atoms with E-state index in [9.17, 15) is 13.2 Å². The third kappa shape index (κ3) is 2.30. The van der Waals surface area contributed by atoms with E-state index >= 15 is 0 Å². The van der Waals surface area contributed by atoms with E-state index in [1.165, 1.54) is 0 Å². The molecular weight excluding hydrogens is 273 g/mol. The molecule has 0 saturated carbocycles. The van der Waals surface area contributed by atoms with Gasteiger partial charge in [-0.15, -0.1) is 0 Å². The highest BCUT2D eigenvalue weighted by atomic mass is 79.9. The monoisotopic (exact) mass is 278 g/mol. The molecule has 0 heterocycles. The zero-order valence-electron chi connectivity index (χ0n) is 7.40. The highest BCUT2D eigenvalue weighted by Gasteiger charge is 2.34. The molecule has 2 nitrogen and oxygen atoms in total. The largest absolute Gasteiger partial charge is 0.416 e. The highest BCUT2D eigenvalue weighted by Crippen LogP contribution is 2.36. The van der Waals surface area contributed by atoms with Gasteiger partial charge in [-0.2, -0.15) is 18.4 Å². The Morgan fingerprint density at radius 1 is 1.40 bits per heavy atom. The minimum Gasteiger partial charge on any atom is -0.326 e. The van der Waals surface area contributed by atoms with Crippen molar-refractivity contribution in [3.05, 3.63) is 33.3 Å². The molecule has 0 unspecified atom stereocenters. The second kappa shape index (κ2) is 4.21. The van der Waals surface area contributed by atoms with Crippen LogP contribution in [0.25, 0.3) is 0 Å². The molecule has 0 aromatic heterocycles. The molecule has 0 fully saturated rings. The summed E-state index contributed by atoms with van der Waals surface area (Å²) < 4.78 is 37.6. The highest BCUT2D eigenvalue weighted by molar-refractivity contribution is 9.10. The molecule has 15 heavy (non-hydrogen) atoms. The molecule has 0 spiro atoms. The van der Waals surface area contributed by atoms with Crippen LogP contribution in [-0.2, 0) is 12.7 Å². The van der Waals surface area contributed by atoms with E-state index in [-0.39, 0.29) is 22.1 Å². The van der Waals surface area contributed by atoms with Gasteiger partial charge < -0.3 is 5.73 Å². The van der Waals surface area contributed by atoms with Crippen LogP contribution in [0, 0.1) is 11.3 Å². The van der Waals surface area contributed by atoms with Gasteiger partial charge in [0.25, 0.3) is 0 Å². The molecule has 0 bridgehead atoms. The molecule has 0 aliphatic carbocycles. The van der Waals surface area contributed by atoms with Crippen LogP contribution < -0.4 is 5.73 Å². The number of rotatable bonds is 1. The van der Waals surface area contributed by atoms with Crippen molar-refractivity contribution in [2.24, 2.45) is 5.73 Å². The lowest BCUT2D eigenvalue weighted by molar-refractivity contribution is -0.138. The Bertz CT molecular complexity index is 421. The molecule has 1 aromatic rings. The Kier molecular flexibility index (Phi) is 3.37. The van der Waals surface area contributed by atoms with Crippen molar-refractivity contribution in [1.82, 2.24) is 0 Å². The molecule has 0 amide bonds. The van der Waals surface area contributed by atoms with Crippen LogP contribution in [0.2, 0.25) is 0 Å². The van der Waals surface area contributed by atoms with E-state index in [2.05, 4.69) is 15.9 Å². The summed E-state index contributed by atoms with van der Waals surface area (Å²) in [6.07, 6.45) is -4.45. The van der Waals surface area contributed by atoms with Crippen molar-refractivity contribution >= 4 is 15.9 Å². The van der Waals surface area contributed by atoms with Crippen molar-refractivity contribution in [3.8, 4) is 6.07 Å². The summed E-state index contributed by atoms with van der Waals surface area (Å²) >= 11 is 2.94. The SMILES string of the molecule is N#Cc1ccc(C(F)(F)F)c(CN)c1Br. The first-order chi connectivity index (χ1) is 6.91. The molecular formula is C9H6BrF3N2. The lowest BCUT2D eigenvalue weighted by Crippen LogP contribution is -2.13. The van der Waals surface area contributed by atoms with E-state index in [4.69, 9.17) is 11.0 Å². The minimum atomic E-state index is -4.45. The first-order valence-electron chi connectivity index (χ1n) is 3.90. The number of nitrogens with two attached hydrogens (primary N) is 1. The van der Waals surface area contributed by atoms with Crippen LogP contribution in [0.15, 0.2) is 16.6 Å². The van der Waals surface area contributed by atoms with E-state index in [0.717, 1.165) is 12.1 Å². The molecule has 0 atom stereocenters. The van der Waals surface area contributed by atoms with Gasteiger partial charge in [-0.25, -0.2) is 0 Å². The molecule has 80 valence electrons. The molecule has 0 aliphatic rings. The van der Waals surface area contributed by atoms with Gasteiger partial charge in [0.05, 0.1) is 11.1 Å². The fourth-order valence-corrected chi connectivity index (χ4v) is 1.77. The number of nitriles is 1. The predicted octanol–water partition coefficient (Wildman–Crippen LogP) is 2.80. The van der Waals surface area contributed by atoms with Crippen LogP contribution >= 0.6 is 15.9 Å². The standard InChI is InChI=1S/C9H6BrF3N2/c10-8-5(3-14)1-2-7(6(8)4-15)9(11,12)13/h1-2H,4,15H2. The summed E-state index contributed by atoms with van der Waals surface area (Å²) in [4.78, 5) is 0. The summed E-state index contributed by atoms with van der Waals surface area (Å²) in [6, 6.07) is 3.76. The number of halogens is 4. The normalized spacial score (nSPS) is 11.2. The molecule has 2 N–H and O–H groups in total. The molecule has 1 aromatic carbocycles. The maximum atomic E-state index is 12.5. The Balaban J connectivity index is 3.46. The zero-order valence-corrected chi connectivity index (χ0v) is 8.98. The molecule has 0 aliphatic heterocycles. The fourth-order valence-electron chi connectivity index (χ4n) is 1.17. The van der Waals surface area contributed by atoms with Gasteiger partial charge in [0, 0.05) is 11.0 Å². The van der Waals surface area contributed by atoms with Gasteiger partial charge in [0.1, 0.15) is 6.07 Å². The number of alkyl halides is 3. The minimum absolute atomic E-state index is 0.0958. The van der Waals surface area contributed by atoms with Crippen LogP contribution in [0.1, 0.15) is 16.7 Å². The van der Waals surface area contributed by atoms with E-state index < -0.39 is 11.7 Å². The third-order valence-corrected chi connectivity index (χ3v) is 2.78. The Labute approximate surface area is 92.6 Å². The average Bonchev–Trinajstić information content (AvgIpc) is 2.15. The maximum Gasteiger partial charge on any atom is 0.416 e. The first kappa shape index (κ1) is 12.0. The zero-order chi connectivity index (χ0) is 11.6. The number of nitrogens with zero attached hydrogens (tertiary/aromatic N) is 1. The molecule has 0 radical (unpaired) electrons. The van der Waals surface area contributed by atoms with Gasteiger partial charge in [0.15, 0.2) is 0 Å². The van der Waals surface area contributed by atoms with Crippen LogP contribution in [0.3, 0.4) is 0 Å². The first-order valence-corrected chi connectivity index (χ1v) is 4.70. The van der Waals surface area contributed by atoms with Gasteiger partial charge in [0.2, 0.25) is 0 Å². The summed E-state index contributed by atoms with van der Waals surface area (Å²) in [7, 11) is 0. The maximum absolute atomic E-state index is 12.5. The van der Waals surface area contributed by atoms with Gasteiger partial charge in [-0.05, 0) is 33.6 Å². The van der Waals surface area contributed by atoms with Gasteiger partial charge in [-0.1, -0.05) is 0 Å². The number of benzene rings is 1. The average molecular weight is 279 g/mol. The second-order valence-electron chi connectivity index (χ2n) is 2.77. The van der Waals surface area contributed by atoms with Gasteiger partial charge in [-0.3, -0.25) is 0 Å². The predicted molar refractivity (Wildman–Crippen MR) is 51.8 cm³/mol. The van der Waals surface area contributed by atoms with E-state index in [1.807, 2.05) is 0 Å². The van der Waals surface area contributed by atoms with Crippen molar-refractivity contribution in [1.29, 1.82) is 5.26 Å². The van der Waals surface area contributed by atoms with Crippen molar-refractivity contribution in [3.63, 3.8) is 0 Å². The molecule has 6 heteroatoms. The van der Waals surface area contributed by atoms with Crippen LogP contribution in [0.4, 0.5) is 13.2 Å². The lowest BCUT2D eigenvalue weighted by Gasteiger charge is -2.13. The summed E-state index contributed by atoms with van der Waals surface area (Å²) in [5, 5.41) is 8.63. The van der Waals surface area contributed by atoms with Crippen molar-refractivity contribution < 1.29 is 13.2 Å². The number of hydrogen-bond acceptors (Lipinski definition) is 2. The third-order valence-electron chi connectivity index (χ3n) is 1.87. The van der Waals surface area contributed by atoms with E-state index in [1.54, 1.807) is 6.07 Å². The summed E-state index contributed by atoms with van der Waals surface area (Å²) in [5.74, 6) is 0. The van der Waals surface area contributed by atoms with Crippen molar-refractivity contribution in [2.45, 2.75) is 12.7 Å². The Morgan fingerprint density at radius 3 is 2.40 bits per heavy atom. The molecule has 1 rings (SSSR count). The van der Waals surface area contributed by atoms with Gasteiger partial charge >= 0.3 is 6.18 Å². The van der Waals surface area contributed by atoms with E-state index in [0.29, 0.717) is 0 Å². The van der Waals surface area contributed by atoms with Crippen LogP contribution in [0.5, 0.6) is 0 Å². The summed E-state index contributed by atoms with van der Waals surface area (Å²) in [5.41, 5.74) is 4.47. The number of hydrogen-bond donors (Lipinski definition) is 1. The fraction of sp³-hybridized carbons (Fsp3) is 0.222. The Morgan fingerprint density at radius 2 is 2.00 bits per heavy atom. The van der Waals surface area contributed by atoms with Crippen molar-refractivity contribution in [2.75, 3.05) is 0 Å².